The molecule has 1 atom stereocenters. The van der Waals surface area contributed by atoms with E-state index in [4.69, 9.17) is 10.2 Å². The Balaban J connectivity index is 0. The van der Waals surface area contributed by atoms with Crippen molar-refractivity contribution < 1.29 is 19.7 Å². The second kappa shape index (κ2) is 9.03. The minimum atomic E-state index is -0.944. The van der Waals surface area contributed by atoms with Gasteiger partial charge in [-0.2, -0.15) is 0 Å². The fourth-order valence-corrected chi connectivity index (χ4v) is 0.203. The van der Waals surface area contributed by atoms with Crippen LogP contribution in [0.2, 0.25) is 0 Å². The van der Waals surface area contributed by atoms with Crippen LogP contribution in [0.4, 0.5) is 0 Å². The summed E-state index contributed by atoms with van der Waals surface area (Å²) in [5, 5.41) is 16.6. The number of carbonyl (C=O) groups excluding carboxylic acids is 1. The van der Waals surface area contributed by atoms with Crippen LogP contribution in [0, 0.1) is 0 Å². The summed E-state index contributed by atoms with van der Waals surface area (Å²) in [6, 6.07) is 0. The molecule has 0 aromatic heterocycles. The van der Waals surface area contributed by atoms with Crippen LogP contribution in [-0.4, -0.2) is 87.4 Å². The zero-order valence-electron chi connectivity index (χ0n) is 4.28. The molecule has 9 heavy (non-hydrogen) atoms. The maximum absolute atomic E-state index is 9.41. The molecule has 4 nitrogen and oxygen atoms in total. The van der Waals surface area contributed by atoms with Crippen molar-refractivity contribution in [2.45, 2.75) is 6.10 Å². The van der Waals surface area contributed by atoms with Crippen molar-refractivity contribution in [1.29, 1.82) is 0 Å². The first kappa shape index (κ1) is 12.7. The van der Waals surface area contributed by atoms with Gasteiger partial charge in [0.15, 0.2) is 0 Å². The molecule has 0 bridgehead atoms. The monoisotopic (exact) mass is 160 g/mol. The van der Waals surface area contributed by atoms with Crippen molar-refractivity contribution in [2.24, 2.45) is 0 Å². The van der Waals surface area contributed by atoms with Crippen LogP contribution in [0.25, 0.3) is 0 Å². The minimum absolute atomic E-state index is 0. The van der Waals surface area contributed by atoms with Crippen molar-refractivity contribution in [3.63, 3.8) is 0 Å². The number of aliphatic hydroxyl groups is 2. The molecule has 0 fully saturated rings. The van der Waals surface area contributed by atoms with Gasteiger partial charge < -0.3 is 14.9 Å². The Morgan fingerprint density at radius 3 is 2.56 bits per heavy atom. The molecule has 50 valence electrons. The Morgan fingerprint density at radius 1 is 1.67 bits per heavy atom. The van der Waals surface area contributed by atoms with Crippen LogP contribution in [0.15, 0.2) is 0 Å². The molecule has 0 saturated heterocycles. The van der Waals surface area contributed by atoms with E-state index < -0.39 is 6.10 Å². The molecule has 0 heterocycles. The van der Waals surface area contributed by atoms with E-state index in [1.54, 1.807) is 0 Å². The molecule has 0 aliphatic rings. The molecule has 0 amide bonds. The predicted molar refractivity (Wildman–Crippen MR) is 32.3 cm³/mol. The Kier molecular flexibility index (Phi) is 12.7. The van der Waals surface area contributed by atoms with Gasteiger partial charge in [-0.3, -0.25) is 4.79 Å². The first-order valence-corrected chi connectivity index (χ1v) is 2.15. The number of aliphatic hydroxyl groups excluding tert-OH is 2. The van der Waals surface area contributed by atoms with E-state index in [0.717, 1.165) is 0 Å². The Labute approximate surface area is 95.6 Å². The van der Waals surface area contributed by atoms with Gasteiger partial charge in [-0.05, 0) is 0 Å². The molecule has 0 radical (unpaired) electrons. The van der Waals surface area contributed by atoms with Crippen molar-refractivity contribution >= 4 is 57.9 Å². The Morgan fingerprint density at radius 2 is 2.22 bits per heavy atom. The van der Waals surface area contributed by atoms with E-state index in [0.29, 0.717) is 0 Å². The third-order valence-electron chi connectivity index (χ3n) is 0.567. The molecule has 5 heteroatoms. The summed E-state index contributed by atoms with van der Waals surface area (Å²) in [7, 11) is 0. The molecular formula is C4H9KO4. The van der Waals surface area contributed by atoms with E-state index >= 15 is 0 Å². The van der Waals surface area contributed by atoms with E-state index in [1.165, 1.54) is 0 Å². The summed E-state index contributed by atoms with van der Waals surface area (Å²) in [5.74, 6) is 0. The number of hydrogen-bond acceptors (Lipinski definition) is 4. The number of hydrogen-bond donors (Lipinski definition) is 2. The van der Waals surface area contributed by atoms with Crippen LogP contribution >= 0.6 is 0 Å². The van der Waals surface area contributed by atoms with Gasteiger partial charge in [0.05, 0.1) is 6.61 Å². The summed E-state index contributed by atoms with van der Waals surface area (Å²) >= 11 is 0. The molecule has 0 spiro atoms. The molecule has 0 saturated carbocycles. The number of rotatable bonds is 4. The zero-order chi connectivity index (χ0) is 6.41. The van der Waals surface area contributed by atoms with Crippen LogP contribution in [0.5, 0.6) is 0 Å². The summed E-state index contributed by atoms with van der Waals surface area (Å²) in [5.41, 5.74) is 0. The maximum atomic E-state index is 9.41. The second-order valence-corrected chi connectivity index (χ2v) is 1.27. The van der Waals surface area contributed by atoms with E-state index in [2.05, 4.69) is 4.74 Å². The van der Waals surface area contributed by atoms with E-state index in [-0.39, 0.29) is 71.1 Å². The molecular weight excluding hydrogens is 151 g/mol. The Hall–Kier alpha value is 1.03. The van der Waals surface area contributed by atoms with Crippen LogP contribution in [-0.2, 0) is 9.53 Å². The summed E-state index contributed by atoms with van der Waals surface area (Å²) in [6.45, 7) is -0.299. The average Bonchev–Trinajstić information content (AvgIpc) is 1.83. The van der Waals surface area contributed by atoms with Gasteiger partial charge in [0.2, 0.25) is 0 Å². The first-order chi connectivity index (χ1) is 3.81. The number of ether oxygens (including phenoxy) is 1. The SMILES string of the molecule is O=COCC(O)CO.[KH]. The summed E-state index contributed by atoms with van der Waals surface area (Å²) in [4.78, 5) is 9.41. The van der Waals surface area contributed by atoms with Gasteiger partial charge in [0, 0.05) is 0 Å². The fraction of sp³-hybridized carbons (Fsp3) is 0.750. The van der Waals surface area contributed by atoms with Crippen molar-refractivity contribution in [1.82, 2.24) is 0 Å². The fourth-order valence-electron chi connectivity index (χ4n) is 0.203. The van der Waals surface area contributed by atoms with Gasteiger partial charge in [-0.25, -0.2) is 0 Å². The second-order valence-electron chi connectivity index (χ2n) is 1.27. The van der Waals surface area contributed by atoms with E-state index in [9.17, 15) is 4.79 Å². The van der Waals surface area contributed by atoms with Gasteiger partial charge >= 0.3 is 51.4 Å². The summed E-state index contributed by atoms with van der Waals surface area (Å²) < 4.78 is 4.10. The molecule has 1 unspecified atom stereocenters. The zero-order valence-corrected chi connectivity index (χ0v) is 4.28. The molecule has 0 aliphatic carbocycles. The summed E-state index contributed by atoms with van der Waals surface area (Å²) in [6.07, 6.45) is -0.944. The Bertz CT molecular complexity index is 67.6. The van der Waals surface area contributed by atoms with Crippen molar-refractivity contribution in [3.05, 3.63) is 0 Å². The molecule has 0 aliphatic heterocycles. The quantitative estimate of drug-likeness (QED) is 0.364. The van der Waals surface area contributed by atoms with Crippen LogP contribution in [0.3, 0.4) is 0 Å². The topological polar surface area (TPSA) is 66.8 Å². The predicted octanol–water partition coefficient (Wildman–Crippen LogP) is -2.14. The standard InChI is InChI=1S/C4H8O4.K.H/c5-1-4(7)2-8-3-6;;/h3-5,7H,1-2H2;;. The molecule has 0 aromatic rings. The molecule has 0 aromatic carbocycles. The van der Waals surface area contributed by atoms with Gasteiger partial charge in [-0.1, -0.05) is 0 Å². The van der Waals surface area contributed by atoms with Crippen molar-refractivity contribution in [2.75, 3.05) is 13.2 Å². The number of carbonyl (C=O) groups is 1. The van der Waals surface area contributed by atoms with Crippen LogP contribution in [0.1, 0.15) is 0 Å². The van der Waals surface area contributed by atoms with Crippen molar-refractivity contribution in [3.8, 4) is 0 Å². The molecule has 0 rings (SSSR count). The van der Waals surface area contributed by atoms with Gasteiger partial charge in [0.25, 0.3) is 6.47 Å². The van der Waals surface area contributed by atoms with E-state index in [1.807, 2.05) is 0 Å². The molecule has 2 N–H and O–H groups in total. The average molecular weight is 160 g/mol. The van der Waals surface area contributed by atoms with Crippen LogP contribution < -0.4 is 0 Å². The normalized spacial score (nSPS) is 11.3. The van der Waals surface area contributed by atoms with Gasteiger partial charge in [-0.15, -0.1) is 0 Å². The third-order valence-corrected chi connectivity index (χ3v) is 0.567. The van der Waals surface area contributed by atoms with Gasteiger partial charge in [0.1, 0.15) is 12.7 Å². The third kappa shape index (κ3) is 9.03. The first-order valence-electron chi connectivity index (χ1n) is 2.15.